The largest absolute Gasteiger partial charge is 0.488 e. The van der Waals surface area contributed by atoms with Gasteiger partial charge >= 0.3 is 0 Å². The summed E-state index contributed by atoms with van der Waals surface area (Å²) in [7, 11) is 0. The van der Waals surface area contributed by atoms with Crippen molar-refractivity contribution >= 4 is 38.9 Å². The van der Waals surface area contributed by atoms with Gasteiger partial charge in [0.1, 0.15) is 12.4 Å². The van der Waals surface area contributed by atoms with Crippen molar-refractivity contribution in [3.63, 3.8) is 0 Å². The number of rotatable bonds is 4. The third-order valence-electron chi connectivity index (χ3n) is 2.41. The second kappa shape index (κ2) is 6.06. The van der Waals surface area contributed by atoms with E-state index >= 15 is 0 Å². The fourth-order valence-electron chi connectivity index (χ4n) is 1.56. The van der Waals surface area contributed by atoms with Crippen molar-refractivity contribution in [3.8, 4) is 5.75 Å². The van der Waals surface area contributed by atoms with Gasteiger partial charge in [-0.05, 0) is 47.1 Å². The molecule has 1 aromatic carbocycles. The van der Waals surface area contributed by atoms with Crippen LogP contribution < -0.4 is 4.74 Å². The first-order chi connectivity index (χ1) is 8.56. The Morgan fingerprint density at radius 3 is 2.83 bits per heavy atom. The lowest BCUT2D eigenvalue weighted by atomic mass is 10.1. The summed E-state index contributed by atoms with van der Waals surface area (Å²) in [6, 6.07) is 7.29. The number of hydrogen-bond acceptors (Lipinski definition) is 3. The van der Waals surface area contributed by atoms with E-state index in [9.17, 15) is 5.11 Å². The van der Waals surface area contributed by atoms with E-state index in [1.807, 2.05) is 11.4 Å². The van der Waals surface area contributed by atoms with Gasteiger partial charge in [-0.2, -0.15) is 0 Å². The number of ether oxygens (including phenoxy) is 1. The lowest BCUT2D eigenvalue weighted by Crippen LogP contribution is -2.00. The summed E-state index contributed by atoms with van der Waals surface area (Å²) in [5.74, 6) is 0.666. The van der Waals surface area contributed by atoms with Crippen LogP contribution in [-0.4, -0.2) is 5.11 Å². The number of halogens is 2. The maximum absolute atomic E-state index is 9.69. The van der Waals surface area contributed by atoms with E-state index in [0.717, 1.165) is 9.35 Å². The lowest BCUT2D eigenvalue weighted by molar-refractivity contribution is 0.190. The predicted molar refractivity (Wildman–Crippen MR) is 78.4 cm³/mol. The highest BCUT2D eigenvalue weighted by Crippen LogP contribution is 2.29. The molecule has 0 unspecified atom stereocenters. The van der Waals surface area contributed by atoms with Crippen molar-refractivity contribution in [1.82, 2.24) is 0 Å². The van der Waals surface area contributed by atoms with Crippen LogP contribution in [0.15, 0.2) is 34.1 Å². The molecule has 1 aromatic heterocycles. The Bertz CT molecular complexity index is 540. The Labute approximate surface area is 123 Å². The van der Waals surface area contributed by atoms with E-state index in [-0.39, 0.29) is 0 Å². The highest BCUT2D eigenvalue weighted by atomic mass is 79.9. The van der Waals surface area contributed by atoms with Crippen molar-refractivity contribution in [2.45, 2.75) is 19.6 Å². The van der Waals surface area contributed by atoms with Gasteiger partial charge in [0.15, 0.2) is 0 Å². The number of benzene rings is 1. The van der Waals surface area contributed by atoms with Crippen LogP contribution >= 0.6 is 38.9 Å². The minimum absolute atomic E-state index is 0.484. The summed E-state index contributed by atoms with van der Waals surface area (Å²) >= 11 is 10.9. The maximum Gasteiger partial charge on any atom is 0.125 e. The molecule has 2 nitrogen and oxygen atoms in total. The van der Waals surface area contributed by atoms with Gasteiger partial charge in [0.05, 0.1) is 6.10 Å². The molecule has 96 valence electrons. The fourth-order valence-corrected chi connectivity index (χ4v) is 3.10. The van der Waals surface area contributed by atoms with E-state index in [1.54, 1.807) is 36.5 Å². The number of hydrogen-bond donors (Lipinski definition) is 1. The summed E-state index contributed by atoms with van der Waals surface area (Å²) in [6.45, 7) is 2.18. The van der Waals surface area contributed by atoms with Gasteiger partial charge in [0.25, 0.3) is 0 Å². The molecule has 0 saturated heterocycles. The number of aliphatic hydroxyl groups excluding tert-OH is 1. The zero-order valence-electron chi connectivity index (χ0n) is 9.69. The van der Waals surface area contributed by atoms with Crippen molar-refractivity contribution in [3.05, 3.63) is 49.6 Å². The van der Waals surface area contributed by atoms with Crippen molar-refractivity contribution in [1.29, 1.82) is 0 Å². The zero-order valence-corrected chi connectivity index (χ0v) is 12.8. The Balaban J connectivity index is 2.13. The average molecular weight is 348 g/mol. The first-order valence-electron chi connectivity index (χ1n) is 5.39. The van der Waals surface area contributed by atoms with Crippen LogP contribution in [0.2, 0.25) is 5.02 Å². The quantitative estimate of drug-likeness (QED) is 0.861. The molecule has 1 atom stereocenters. The zero-order chi connectivity index (χ0) is 13.1. The third kappa shape index (κ3) is 3.48. The summed E-state index contributed by atoms with van der Waals surface area (Å²) in [6.07, 6.45) is -0.603. The average Bonchev–Trinajstić information content (AvgIpc) is 2.73. The molecule has 0 aliphatic rings. The van der Waals surface area contributed by atoms with Crippen LogP contribution in [0.3, 0.4) is 0 Å². The van der Waals surface area contributed by atoms with E-state index < -0.39 is 6.10 Å². The highest BCUT2D eigenvalue weighted by molar-refractivity contribution is 9.10. The Hall–Kier alpha value is -0.550. The van der Waals surface area contributed by atoms with E-state index in [4.69, 9.17) is 16.3 Å². The summed E-state index contributed by atoms with van der Waals surface area (Å²) < 4.78 is 6.78. The van der Waals surface area contributed by atoms with Gasteiger partial charge in [-0.15, -0.1) is 11.3 Å². The van der Waals surface area contributed by atoms with Crippen LogP contribution in [0.5, 0.6) is 5.75 Å². The predicted octanol–water partition coefficient (Wildman–Crippen LogP) is 4.80. The Kier molecular flexibility index (Phi) is 4.67. The molecule has 0 bridgehead atoms. The second-order valence-corrected chi connectivity index (χ2v) is 6.23. The van der Waals surface area contributed by atoms with Crippen molar-refractivity contribution < 1.29 is 9.84 Å². The first kappa shape index (κ1) is 13.9. The Morgan fingerprint density at radius 1 is 1.44 bits per heavy atom. The molecular formula is C13H12BrClO2S. The van der Waals surface area contributed by atoms with Gasteiger partial charge in [-0.1, -0.05) is 11.6 Å². The topological polar surface area (TPSA) is 29.5 Å². The Morgan fingerprint density at radius 2 is 2.22 bits per heavy atom. The molecule has 1 heterocycles. The van der Waals surface area contributed by atoms with Crippen LogP contribution in [0.4, 0.5) is 0 Å². The molecule has 0 radical (unpaired) electrons. The van der Waals surface area contributed by atoms with Crippen LogP contribution in [0, 0.1) is 0 Å². The summed E-state index contributed by atoms with van der Waals surface area (Å²) in [5, 5.41) is 12.3. The smallest absolute Gasteiger partial charge is 0.125 e. The van der Waals surface area contributed by atoms with Crippen LogP contribution in [-0.2, 0) is 6.61 Å². The fraction of sp³-hybridized carbons (Fsp3) is 0.231. The normalized spacial score (nSPS) is 12.4. The molecule has 0 amide bonds. The minimum atomic E-state index is -0.603. The van der Waals surface area contributed by atoms with Gasteiger partial charge in [0, 0.05) is 25.3 Å². The molecule has 0 aliphatic carbocycles. The van der Waals surface area contributed by atoms with Gasteiger partial charge in [0.2, 0.25) is 0 Å². The lowest BCUT2D eigenvalue weighted by Gasteiger charge is -2.13. The van der Waals surface area contributed by atoms with Gasteiger partial charge in [-0.25, -0.2) is 0 Å². The molecule has 5 heteroatoms. The van der Waals surface area contributed by atoms with Crippen molar-refractivity contribution in [2.24, 2.45) is 0 Å². The second-order valence-electron chi connectivity index (χ2n) is 3.88. The molecule has 2 aromatic rings. The molecule has 18 heavy (non-hydrogen) atoms. The summed E-state index contributed by atoms with van der Waals surface area (Å²) in [4.78, 5) is 1.12. The standard InChI is InChI=1S/C13H12BrClO2S/c1-8(16)12-5-10(15)2-3-13(12)17-6-11-4-9(14)7-18-11/h2-5,7-8,16H,6H2,1H3/t8-/m0/s1. The first-order valence-corrected chi connectivity index (χ1v) is 7.44. The van der Waals surface area contributed by atoms with E-state index in [1.165, 1.54) is 0 Å². The molecule has 0 aliphatic heterocycles. The minimum Gasteiger partial charge on any atom is -0.488 e. The highest BCUT2D eigenvalue weighted by Gasteiger charge is 2.10. The molecule has 1 N–H and O–H groups in total. The van der Waals surface area contributed by atoms with E-state index in [0.29, 0.717) is 22.9 Å². The van der Waals surface area contributed by atoms with Crippen LogP contribution in [0.1, 0.15) is 23.5 Å². The molecular weight excluding hydrogens is 336 g/mol. The SMILES string of the molecule is C[C@H](O)c1cc(Cl)ccc1OCc1cc(Br)cs1. The van der Waals surface area contributed by atoms with Gasteiger partial charge < -0.3 is 9.84 Å². The van der Waals surface area contributed by atoms with Crippen molar-refractivity contribution in [2.75, 3.05) is 0 Å². The number of thiophene rings is 1. The molecule has 0 saturated carbocycles. The van der Waals surface area contributed by atoms with Crippen LogP contribution in [0.25, 0.3) is 0 Å². The maximum atomic E-state index is 9.69. The molecule has 2 rings (SSSR count). The third-order valence-corrected chi connectivity index (χ3v) is 4.32. The molecule has 0 fully saturated rings. The molecule has 0 spiro atoms. The monoisotopic (exact) mass is 346 g/mol. The summed E-state index contributed by atoms with van der Waals surface area (Å²) in [5.41, 5.74) is 0.707. The number of aliphatic hydroxyl groups is 1. The van der Waals surface area contributed by atoms with Gasteiger partial charge in [-0.3, -0.25) is 0 Å². The van der Waals surface area contributed by atoms with E-state index in [2.05, 4.69) is 15.9 Å².